The summed E-state index contributed by atoms with van der Waals surface area (Å²) >= 11 is 0. The fourth-order valence-corrected chi connectivity index (χ4v) is 2.00. The molecule has 1 fully saturated rings. The third-order valence-corrected chi connectivity index (χ3v) is 3.28. The number of nitrogens with zero attached hydrogens (tertiary/aromatic N) is 1. The summed E-state index contributed by atoms with van der Waals surface area (Å²) in [5.41, 5.74) is 0. The fourth-order valence-electron chi connectivity index (χ4n) is 2.00. The third-order valence-electron chi connectivity index (χ3n) is 3.28. The molecule has 0 bridgehead atoms. The number of carbonyl (C=O) groups is 1. The Morgan fingerprint density at radius 3 is 2.58 bits per heavy atom. The number of hydrogen-bond acceptors (Lipinski definition) is 4. The van der Waals surface area contributed by atoms with Gasteiger partial charge in [-0.25, -0.2) is 0 Å². The van der Waals surface area contributed by atoms with E-state index in [1.54, 1.807) is 0 Å². The average Bonchev–Trinajstić information content (AvgIpc) is 2.41. The lowest BCUT2D eigenvalue weighted by atomic mass is 10.2. The summed E-state index contributed by atoms with van der Waals surface area (Å²) in [7, 11) is 0. The molecule has 19 heavy (non-hydrogen) atoms. The van der Waals surface area contributed by atoms with E-state index in [9.17, 15) is 4.79 Å². The zero-order valence-electron chi connectivity index (χ0n) is 12.6. The minimum Gasteiger partial charge on any atom is -0.379 e. The van der Waals surface area contributed by atoms with Crippen molar-refractivity contribution in [1.29, 1.82) is 0 Å². The van der Waals surface area contributed by atoms with Gasteiger partial charge < -0.3 is 15.4 Å². The van der Waals surface area contributed by atoms with E-state index < -0.39 is 0 Å². The lowest BCUT2D eigenvalue weighted by Crippen LogP contribution is -2.44. The second-order valence-electron chi connectivity index (χ2n) is 5.62. The van der Waals surface area contributed by atoms with Crippen LogP contribution in [0.25, 0.3) is 0 Å². The van der Waals surface area contributed by atoms with E-state index in [1.165, 1.54) is 0 Å². The molecular weight excluding hydrogens is 242 g/mol. The molecule has 0 aromatic heterocycles. The van der Waals surface area contributed by atoms with Gasteiger partial charge in [0, 0.05) is 19.6 Å². The van der Waals surface area contributed by atoms with E-state index in [0.29, 0.717) is 5.92 Å². The smallest absolute Gasteiger partial charge is 0.236 e. The molecule has 1 aliphatic rings. The van der Waals surface area contributed by atoms with Crippen molar-refractivity contribution in [2.45, 2.75) is 33.2 Å². The lowest BCUT2D eigenvalue weighted by Gasteiger charge is -2.26. The lowest BCUT2D eigenvalue weighted by molar-refractivity contribution is -0.122. The van der Waals surface area contributed by atoms with E-state index >= 15 is 0 Å². The highest BCUT2D eigenvalue weighted by Crippen LogP contribution is 1.97. The number of nitrogens with one attached hydrogen (secondary N) is 2. The van der Waals surface area contributed by atoms with E-state index in [1.807, 2.05) is 6.92 Å². The number of morpholine rings is 1. The van der Waals surface area contributed by atoms with Crippen molar-refractivity contribution >= 4 is 5.91 Å². The number of ether oxygens (including phenoxy) is 1. The van der Waals surface area contributed by atoms with Gasteiger partial charge in [0.05, 0.1) is 19.3 Å². The van der Waals surface area contributed by atoms with Crippen LogP contribution in [0.2, 0.25) is 0 Å². The molecule has 1 aliphatic heterocycles. The van der Waals surface area contributed by atoms with Crippen LogP contribution in [0.4, 0.5) is 0 Å². The van der Waals surface area contributed by atoms with Gasteiger partial charge in [0.2, 0.25) is 5.91 Å². The van der Waals surface area contributed by atoms with Crippen molar-refractivity contribution in [3.8, 4) is 0 Å². The molecule has 0 spiro atoms. The first-order chi connectivity index (χ1) is 9.09. The second-order valence-corrected chi connectivity index (χ2v) is 5.62. The Morgan fingerprint density at radius 2 is 1.95 bits per heavy atom. The molecule has 0 radical (unpaired) electrons. The van der Waals surface area contributed by atoms with Crippen molar-refractivity contribution in [2.24, 2.45) is 5.92 Å². The molecule has 1 unspecified atom stereocenters. The van der Waals surface area contributed by atoms with Crippen LogP contribution in [0.1, 0.15) is 27.2 Å². The molecule has 1 heterocycles. The first-order valence-corrected chi connectivity index (χ1v) is 7.40. The van der Waals surface area contributed by atoms with Gasteiger partial charge in [-0.15, -0.1) is 0 Å². The zero-order valence-corrected chi connectivity index (χ0v) is 12.6. The summed E-state index contributed by atoms with van der Waals surface area (Å²) in [5.74, 6) is 0.595. The monoisotopic (exact) mass is 271 g/mol. The minimum atomic E-state index is -0.108. The standard InChI is InChI=1S/C14H29N3O2/c1-12(2)11-16-14(18)13(3)15-5-4-6-17-7-9-19-10-8-17/h12-13,15H,4-11H2,1-3H3,(H,16,18). The third kappa shape index (κ3) is 7.50. The second kappa shape index (κ2) is 9.28. The molecule has 1 rings (SSSR count). The van der Waals surface area contributed by atoms with Crippen molar-refractivity contribution in [3.05, 3.63) is 0 Å². The predicted molar refractivity (Wildman–Crippen MR) is 77.2 cm³/mol. The quantitative estimate of drug-likeness (QED) is 0.630. The van der Waals surface area contributed by atoms with E-state index in [0.717, 1.165) is 52.4 Å². The highest BCUT2D eigenvalue weighted by Gasteiger charge is 2.13. The summed E-state index contributed by atoms with van der Waals surface area (Å²) in [5, 5.41) is 6.22. The predicted octanol–water partition coefficient (Wildman–Crippen LogP) is 0.459. The Bertz CT molecular complexity index is 253. The zero-order chi connectivity index (χ0) is 14.1. The Balaban J connectivity index is 2.02. The van der Waals surface area contributed by atoms with Crippen LogP contribution >= 0.6 is 0 Å². The molecule has 0 aromatic rings. The molecule has 1 saturated heterocycles. The van der Waals surface area contributed by atoms with Crippen LogP contribution in [-0.4, -0.2) is 62.8 Å². The van der Waals surface area contributed by atoms with Gasteiger partial charge >= 0.3 is 0 Å². The van der Waals surface area contributed by atoms with Gasteiger partial charge in [-0.3, -0.25) is 9.69 Å². The van der Waals surface area contributed by atoms with E-state index in [4.69, 9.17) is 4.74 Å². The molecule has 0 aromatic carbocycles. The number of amides is 1. The summed E-state index contributed by atoms with van der Waals surface area (Å²) in [6.07, 6.45) is 1.07. The van der Waals surface area contributed by atoms with Gasteiger partial charge in [-0.2, -0.15) is 0 Å². The van der Waals surface area contributed by atoms with Gasteiger partial charge in [0.15, 0.2) is 0 Å². The maximum atomic E-state index is 11.7. The Hall–Kier alpha value is -0.650. The number of hydrogen-bond donors (Lipinski definition) is 2. The molecular formula is C14H29N3O2. The maximum Gasteiger partial charge on any atom is 0.236 e. The Labute approximate surface area is 117 Å². The maximum absolute atomic E-state index is 11.7. The van der Waals surface area contributed by atoms with Crippen LogP contribution in [0.15, 0.2) is 0 Å². The van der Waals surface area contributed by atoms with Gasteiger partial charge in [0.1, 0.15) is 0 Å². The molecule has 5 nitrogen and oxygen atoms in total. The Kier molecular flexibility index (Phi) is 8.02. The average molecular weight is 271 g/mol. The first-order valence-electron chi connectivity index (χ1n) is 7.40. The van der Waals surface area contributed by atoms with Crippen molar-refractivity contribution in [3.63, 3.8) is 0 Å². The molecule has 2 N–H and O–H groups in total. The van der Waals surface area contributed by atoms with Crippen molar-refractivity contribution in [1.82, 2.24) is 15.5 Å². The summed E-state index contributed by atoms with van der Waals surface area (Å²) in [6, 6.07) is -0.108. The van der Waals surface area contributed by atoms with Gasteiger partial charge in [-0.1, -0.05) is 13.8 Å². The van der Waals surface area contributed by atoms with Crippen LogP contribution in [0, 0.1) is 5.92 Å². The Morgan fingerprint density at radius 1 is 1.26 bits per heavy atom. The fraction of sp³-hybridized carbons (Fsp3) is 0.929. The number of rotatable bonds is 8. The van der Waals surface area contributed by atoms with E-state index in [2.05, 4.69) is 29.4 Å². The van der Waals surface area contributed by atoms with Crippen LogP contribution in [-0.2, 0) is 9.53 Å². The molecule has 0 aliphatic carbocycles. The SMILES string of the molecule is CC(C)CNC(=O)C(C)NCCCN1CCOCC1. The highest BCUT2D eigenvalue weighted by atomic mass is 16.5. The van der Waals surface area contributed by atoms with E-state index in [-0.39, 0.29) is 11.9 Å². The van der Waals surface area contributed by atoms with Gasteiger partial charge in [-0.05, 0) is 32.4 Å². The highest BCUT2D eigenvalue weighted by molar-refractivity contribution is 5.81. The van der Waals surface area contributed by atoms with Crippen LogP contribution in [0.5, 0.6) is 0 Å². The minimum absolute atomic E-state index is 0.0973. The van der Waals surface area contributed by atoms with Crippen molar-refractivity contribution in [2.75, 3.05) is 45.9 Å². The summed E-state index contributed by atoms with van der Waals surface area (Å²) in [6.45, 7) is 12.6. The van der Waals surface area contributed by atoms with Crippen LogP contribution in [0.3, 0.4) is 0 Å². The molecule has 1 atom stereocenters. The molecule has 1 amide bonds. The van der Waals surface area contributed by atoms with Crippen LogP contribution < -0.4 is 10.6 Å². The summed E-state index contributed by atoms with van der Waals surface area (Å²) in [4.78, 5) is 14.2. The normalized spacial score (nSPS) is 18.5. The van der Waals surface area contributed by atoms with Gasteiger partial charge in [0.25, 0.3) is 0 Å². The largest absolute Gasteiger partial charge is 0.379 e. The first kappa shape index (κ1) is 16.4. The summed E-state index contributed by atoms with van der Waals surface area (Å²) < 4.78 is 5.31. The molecule has 5 heteroatoms. The number of carbonyl (C=O) groups excluding carboxylic acids is 1. The molecule has 0 saturated carbocycles. The molecule has 112 valence electrons. The van der Waals surface area contributed by atoms with Crippen molar-refractivity contribution < 1.29 is 9.53 Å². The topological polar surface area (TPSA) is 53.6 Å².